The van der Waals surface area contributed by atoms with Crippen molar-refractivity contribution < 1.29 is 8.76 Å². The number of hydrogen-bond acceptors (Lipinski definition) is 6. The second-order valence-electron chi connectivity index (χ2n) is 10.4. The highest BCUT2D eigenvalue weighted by atomic mass is 32.2. The van der Waals surface area contributed by atoms with Crippen LogP contribution in [-0.2, 0) is 11.3 Å². The molecule has 0 aliphatic carbocycles. The summed E-state index contributed by atoms with van der Waals surface area (Å²) in [5.41, 5.74) is 2.80. The summed E-state index contributed by atoms with van der Waals surface area (Å²) in [4.78, 5) is 33.7. The van der Waals surface area contributed by atoms with Crippen LogP contribution >= 0.6 is 0 Å². The summed E-state index contributed by atoms with van der Waals surface area (Å²) in [6, 6.07) is 29.1. The highest BCUT2D eigenvalue weighted by molar-refractivity contribution is 7.80. The van der Waals surface area contributed by atoms with Gasteiger partial charge in [-0.3, -0.25) is 4.21 Å². The lowest BCUT2D eigenvalue weighted by atomic mass is 10.1. The molecular formula is C32H20N9O2S-. The van der Waals surface area contributed by atoms with E-state index in [1.165, 1.54) is 0 Å². The van der Waals surface area contributed by atoms with Gasteiger partial charge in [-0.05, 0) is 6.07 Å². The summed E-state index contributed by atoms with van der Waals surface area (Å²) in [5.74, 6) is 2.27. The largest absolute Gasteiger partial charge is 0.755 e. The van der Waals surface area contributed by atoms with Gasteiger partial charge in [-0.15, -0.1) is 0 Å². The maximum atomic E-state index is 11.7. The number of anilines is 1. The minimum absolute atomic E-state index is 0.378. The van der Waals surface area contributed by atoms with Crippen LogP contribution < -0.4 is 26.7 Å². The predicted octanol–water partition coefficient (Wildman–Crippen LogP) is 4.94. The van der Waals surface area contributed by atoms with Crippen LogP contribution in [0.4, 0.5) is 29.0 Å². The minimum Gasteiger partial charge on any atom is -0.755 e. The molecule has 11 nitrogen and oxygen atoms in total. The zero-order valence-electron chi connectivity index (χ0n) is 22.7. The van der Waals surface area contributed by atoms with Gasteiger partial charge in [0.15, 0.2) is 0 Å². The normalized spacial score (nSPS) is 13.4. The number of hydrogen-bond donors (Lipinski definition) is 5. The fourth-order valence-electron chi connectivity index (χ4n) is 6.00. The number of rotatable bonds is 2. The fraction of sp³-hybridized carbons (Fsp3) is 0. The smallest absolute Gasteiger partial charge is 0.144 e. The summed E-state index contributed by atoms with van der Waals surface area (Å²) in [5, 5.41) is 6.66. The van der Waals surface area contributed by atoms with E-state index in [4.69, 9.17) is 20.0 Å². The quantitative estimate of drug-likeness (QED) is 0.179. The van der Waals surface area contributed by atoms with E-state index in [-0.39, 0.29) is 0 Å². The minimum atomic E-state index is -2.55. The first kappa shape index (κ1) is 24.7. The highest BCUT2D eigenvalue weighted by Gasteiger charge is 2.16. The molecule has 0 radical (unpaired) electrons. The second-order valence-corrected chi connectivity index (χ2v) is 11.1. The molecule has 212 valence electrons. The molecule has 0 amide bonds. The van der Waals surface area contributed by atoms with Crippen molar-refractivity contribution in [1.29, 1.82) is 0 Å². The van der Waals surface area contributed by atoms with Crippen LogP contribution in [0.1, 0.15) is 0 Å². The highest BCUT2D eigenvalue weighted by Crippen LogP contribution is 2.39. The Bertz CT molecular complexity index is 2750. The Hall–Kier alpha value is -5.85. The fourth-order valence-corrected chi connectivity index (χ4v) is 6.35. The van der Waals surface area contributed by atoms with Crippen LogP contribution in [-0.4, -0.2) is 28.7 Å². The zero-order valence-corrected chi connectivity index (χ0v) is 23.5. The van der Waals surface area contributed by atoms with Gasteiger partial charge >= 0.3 is 0 Å². The maximum Gasteiger partial charge on any atom is 0.144 e. The molecule has 4 aromatic heterocycles. The summed E-state index contributed by atoms with van der Waals surface area (Å²) in [6.07, 6.45) is 0. The SMILES string of the molecule is O=S([O-])Nc1cccc2c3[nH]c(c12)N=c1[nH]c(c2ccccc12)=Nc1[nH]c(c2ccccc12)N=c1[nH]c(c2ccccc12)=N3. The molecule has 5 heterocycles. The van der Waals surface area contributed by atoms with Crippen LogP contribution in [0.3, 0.4) is 0 Å². The third kappa shape index (κ3) is 3.75. The first-order valence-corrected chi connectivity index (χ1v) is 14.9. The van der Waals surface area contributed by atoms with Crippen molar-refractivity contribution in [1.82, 2.24) is 19.9 Å². The summed E-state index contributed by atoms with van der Waals surface area (Å²) >= 11 is -2.55. The standard InChI is InChI=1S/C32H21N9O2S/c42-44(43)41-23-15-7-14-22-24(23)32-39-30-21-13-6-5-12-20(21)28(37-30)35-26-17-9-2-1-8-16(17)25(33-26)34-27-18-10-3-4-11-19(18)29(36-27)38-31(22)40-32/h1-15,41H,(H,42,43)(H4,33,34,35,36,37,38,39,40)/p-1. The van der Waals surface area contributed by atoms with E-state index in [1.807, 2.05) is 78.9 Å². The number of H-pyrrole nitrogens is 4. The zero-order chi connectivity index (χ0) is 29.4. The molecule has 0 saturated heterocycles. The van der Waals surface area contributed by atoms with Crippen molar-refractivity contribution in [2.24, 2.45) is 20.0 Å². The Morgan fingerprint density at radius 1 is 0.477 bits per heavy atom. The molecule has 0 saturated carbocycles. The summed E-state index contributed by atoms with van der Waals surface area (Å²) in [7, 11) is 0. The molecule has 8 bridgehead atoms. The van der Waals surface area contributed by atoms with Crippen molar-refractivity contribution in [3.8, 4) is 0 Å². The van der Waals surface area contributed by atoms with Crippen molar-refractivity contribution in [2.75, 3.05) is 4.72 Å². The van der Waals surface area contributed by atoms with Crippen LogP contribution in [0.15, 0.2) is 111 Å². The van der Waals surface area contributed by atoms with Crippen molar-refractivity contribution in [2.45, 2.75) is 0 Å². The van der Waals surface area contributed by atoms with Crippen LogP contribution in [0.2, 0.25) is 0 Å². The third-order valence-electron chi connectivity index (χ3n) is 7.90. The molecule has 1 aliphatic heterocycles. The first-order valence-electron chi connectivity index (χ1n) is 13.8. The third-order valence-corrected chi connectivity index (χ3v) is 8.29. The van der Waals surface area contributed by atoms with E-state index in [0.29, 0.717) is 61.7 Å². The number of aromatic amines is 4. The number of aromatic nitrogens is 4. The number of fused-ring (bicyclic) bond motifs is 20. The Morgan fingerprint density at radius 2 is 0.864 bits per heavy atom. The van der Waals surface area contributed by atoms with Crippen LogP contribution in [0.5, 0.6) is 0 Å². The van der Waals surface area contributed by atoms with E-state index in [9.17, 15) is 8.76 Å². The Kier molecular flexibility index (Phi) is 5.24. The lowest BCUT2D eigenvalue weighted by molar-refractivity contribution is 0.542. The summed E-state index contributed by atoms with van der Waals surface area (Å²) in [6.45, 7) is 0. The molecule has 5 N–H and O–H groups in total. The van der Waals surface area contributed by atoms with Gasteiger partial charge in [0.1, 0.15) is 45.2 Å². The monoisotopic (exact) mass is 594 g/mol. The van der Waals surface area contributed by atoms with Gasteiger partial charge in [0.05, 0.1) is 11.1 Å². The summed E-state index contributed by atoms with van der Waals surface area (Å²) < 4.78 is 26.0. The van der Waals surface area contributed by atoms with Crippen molar-refractivity contribution >= 4 is 83.3 Å². The molecule has 8 aromatic rings. The van der Waals surface area contributed by atoms with Crippen molar-refractivity contribution in [3.63, 3.8) is 0 Å². The predicted molar refractivity (Wildman–Crippen MR) is 169 cm³/mol. The van der Waals surface area contributed by atoms with E-state index in [0.717, 1.165) is 32.3 Å². The van der Waals surface area contributed by atoms with Gasteiger partial charge in [0, 0.05) is 49.0 Å². The van der Waals surface area contributed by atoms with E-state index in [1.54, 1.807) is 12.1 Å². The maximum absolute atomic E-state index is 11.7. The van der Waals surface area contributed by atoms with Gasteiger partial charge in [-0.2, -0.15) is 0 Å². The molecule has 1 unspecified atom stereocenters. The molecule has 44 heavy (non-hydrogen) atoms. The van der Waals surface area contributed by atoms with Crippen LogP contribution in [0.25, 0.3) is 43.1 Å². The van der Waals surface area contributed by atoms with Gasteiger partial charge in [-0.1, -0.05) is 84.9 Å². The van der Waals surface area contributed by atoms with Crippen LogP contribution in [0, 0.1) is 0 Å². The Balaban J connectivity index is 1.49. The van der Waals surface area contributed by atoms with E-state index < -0.39 is 11.3 Å². The molecule has 1 aliphatic rings. The number of nitrogens with one attached hydrogen (secondary N) is 5. The van der Waals surface area contributed by atoms with Gasteiger partial charge in [0.25, 0.3) is 0 Å². The molecule has 1 atom stereocenters. The molecule has 9 rings (SSSR count). The molecule has 0 fully saturated rings. The van der Waals surface area contributed by atoms with E-state index >= 15 is 0 Å². The Morgan fingerprint density at radius 3 is 1.34 bits per heavy atom. The van der Waals surface area contributed by atoms with Gasteiger partial charge in [-0.25, -0.2) is 20.0 Å². The molecular weight excluding hydrogens is 574 g/mol. The second kappa shape index (κ2) is 9.33. The van der Waals surface area contributed by atoms with Gasteiger partial charge < -0.3 is 29.2 Å². The molecule has 0 spiro atoms. The van der Waals surface area contributed by atoms with Gasteiger partial charge in [0.2, 0.25) is 0 Å². The first-order chi connectivity index (χ1) is 21.6. The molecule has 4 aromatic carbocycles. The Labute approximate surface area is 249 Å². The van der Waals surface area contributed by atoms with E-state index in [2.05, 4.69) is 24.7 Å². The molecule has 12 heteroatoms. The number of nitrogens with zero attached hydrogens (tertiary/aromatic N) is 4. The van der Waals surface area contributed by atoms with Crippen molar-refractivity contribution in [3.05, 3.63) is 113 Å². The number of benzene rings is 4. The average molecular weight is 595 g/mol. The average Bonchev–Trinajstić information content (AvgIpc) is 3.77. The lowest BCUT2D eigenvalue weighted by Gasteiger charge is -2.09. The topological polar surface area (TPSA) is 165 Å². The lowest BCUT2D eigenvalue weighted by Crippen LogP contribution is -2.10.